The fourth-order valence-electron chi connectivity index (χ4n) is 0.951. The fourth-order valence-corrected chi connectivity index (χ4v) is 0.951. The van der Waals surface area contributed by atoms with Crippen molar-refractivity contribution < 1.29 is 19.4 Å². The largest absolute Gasteiger partial charge is 0.390 e. The lowest BCUT2D eigenvalue weighted by Gasteiger charge is -2.21. The van der Waals surface area contributed by atoms with Crippen LogP contribution in [0.3, 0.4) is 0 Å². The molecule has 0 radical (unpaired) electrons. The predicted octanol–water partition coefficient (Wildman–Crippen LogP) is -0.689. The summed E-state index contributed by atoms with van der Waals surface area (Å²) in [6, 6.07) is 0. The van der Waals surface area contributed by atoms with E-state index in [9.17, 15) is 4.79 Å². The summed E-state index contributed by atoms with van der Waals surface area (Å²) in [5.74, 6) is -1.53. The maximum absolute atomic E-state index is 10.9. The Bertz CT molecular complexity index is 139. The summed E-state index contributed by atoms with van der Waals surface area (Å²) in [7, 11) is 1.35. The number of ketones is 1. The Morgan fingerprint density at radius 2 is 2.60 bits per heavy atom. The zero-order chi connectivity index (χ0) is 7.61. The number of carbonyl (C=O) groups excluding carboxylic acids is 1. The molecule has 0 unspecified atom stereocenters. The Balaban J connectivity index is 2.71. The second-order valence-electron chi connectivity index (χ2n) is 2.14. The maximum Gasteiger partial charge on any atom is 0.252 e. The molecule has 0 aromatic heterocycles. The van der Waals surface area contributed by atoms with E-state index in [1.165, 1.54) is 7.11 Å². The van der Waals surface area contributed by atoms with Gasteiger partial charge in [-0.1, -0.05) is 0 Å². The Morgan fingerprint density at radius 1 is 1.90 bits per heavy atom. The molecule has 1 rings (SSSR count). The fraction of sp³-hybridized carbons (Fsp3) is 0.833. The quantitative estimate of drug-likeness (QED) is 0.560. The molecule has 0 saturated carbocycles. The molecule has 4 nitrogen and oxygen atoms in total. The van der Waals surface area contributed by atoms with E-state index in [4.69, 9.17) is 14.6 Å². The Hall–Kier alpha value is -0.450. The Kier molecular flexibility index (Phi) is 2.03. The Labute approximate surface area is 58.7 Å². The summed E-state index contributed by atoms with van der Waals surface area (Å²) in [5.41, 5.74) is 0. The lowest BCUT2D eigenvalue weighted by molar-refractivity contribution is -0.210. The second-order valence-corrected chi connectivity index (χ2v) is 2.14. The van der Waals surface area contributed by atoms with Crippen molar-refractivity contribution in [2.24, 2.45) is 0 Å². The van der Waals surface area contributed by atoms with E-state index in [0.29, 0.717) is 13.0 Å². The average molecular weight is 146 g/mol. The van der Waals surface area contributed by atoms with Crippen molar-refractivity contribution in [3.63, 3.8) is 0 Å². The smallest absolute Gasteiger partial charge is 0.252 e. The molecule has 1 aliphatic heterocycles. The van der Waals surface area contributed by atoms with E-state index in [2.05, 4.69) is 0 Å². The first kappa shape index (κ1) is 7.65. The van der Waals surface area contributed by atoms with Gasteiger partial charge in [0.1, 0.15) is 6.61 Å². The van der Waals surface area contributed by atoms with Crippen LogP contribution in [0.2, 0.25) is 0 Å². The van der Waals surface area contributed by atoms with Gasteiger partial charge in [-0.05, 0) is 0 Å². The molecule has 1 atom stereocenters. The monoisotopic (exact) mass is 146 g/mol. The number of hydrogen-bond acceptors (Lipinski definition) is 4. The molecule has 0 aromatic rings. The van der Waals surface area contributed by atoms with E-state index in [1.54, 1.807) is 0 Å². The third-order valence-electron chi connectivity index (χ3n) is 1.63. The second kappa shape index (κ2) is 2.65. The standard InChI is InChI=1S/C6H10O4/c1-9-6(4-7)5(8)2-3-10-6/h7H,2-4H2,1H3/t6-/m0/s1. The molecule has 0 aliphatic carbocycles. The van der Waals surface area contributed by atoms with Crippen LogP contribution in [0.4, 0.5) is 0 Å². The molecule has 0 bridgehead atoms. The first-order valence-electron chi connectivity index (χ1n) is 3.08. The van der Waals surface area contributed by atoms with Gasteiger partial charge in [-0.3, -0.25) is 4.79 Å². The minimum absolute atomic E-state index is 0.183. The van der Waals surface area contributed by atoms with E-state index in [0.717, 1.165) is 0 Å². The molecular formula is C6H10O4. The highest BCUT2D eigenvalue weighted by molar-refractivity contribution is 5.87. The maximum atomic E-state index is 10.9. The summed E-state index contributed by atoms with van der Waals surface area (Å²) in [6.45, 7) is -0.0600. The van der Waals surface area contributed by atoms with Crippen molar-refractivity contribution in [2.75, 3.05) is 20.3 Å². The molecule has 58 valence electrons. The molecule has 0 aromatic carbocycles. The van der Waals surface area contributed by atoms with Crippen LogP contribution in [0.15, 0.2) is 0 Å². The molecule has 1 fully saturated rings. The van der Waals surface area contributed by atoms with E-state index >= 15 is 0 Å². The summed E-state index contributed by atoms with van der Waals surface area (Å²) in [6.07, 6.45) is 0.328. The van der Waals surface area contributed by atoms with Crippen molar-refractivity contribution >= 4 is 5.78 Å². The summed E-state index contributed by atoms with van der Waals surface area (Å²) in [5, 5.41) is 8.72. The van der Waals surface area contributed by atoms with Crippen molar-refractivity contribution in [1.29, 1.82) is 0 Å². The van der Waals surface area contributed by atoms with Crippen molar-refractivity contribution in [2.45, 2.75) is 12.2 Å². The van der Waals surface area contributed by atoms with Crippen molar-refractivity contribution in [3.05, 3.63) is 0 Å². The summed E-state index contributed by atoms with van der Waals surface area (Å²) >= 11 is 0. The summed E-state index contributed by atoms with van der Waals surface area (Å²) < 4.78 is 9.67. The average Bonchev–Trinajstić information content (AvgIpc) is 2.32. The SMILES string of the molecule is CO[C@@]1(CO)OCCC1=O. The van der Waals surface area contributed by atoms with Gasteiger partial charge in [0, 0.05) is 13.5 Å². The summed E-state index contributed by atoms with van der Waals surface area (Å²) in [4.78, 5) is 10.9. The number of methoxy groups -OCH3 is 1. The minimum atomic E-state index is -1.35. The van der Waals surface area contributed by atoms with Gasteiger partial charge in [0.2, 0.25) is 0 Å². The molecule has 1 aliphatic rings. The van der Waals surface area contributed by atoms with E-state index in [-0.39, 0.29) is 5.78 Å². The zero-order valence-corrected chi connectivity index (χ0v) is 5.79. The number of ether oxygens (including phenoxy) is 2. The van der Waals surface area contributed by atoms with Gasteiger partial charge in [0.15, 0.2) is 5.78 Å². The van der Waals surface area contributed by atoms with Gasteiger partial charge in [0.25, 0.3) is 5.79 Å². The van der Waals surface area contributed by atoms with E-state index < -0.39 is 12.4 Å². The lowest BCUT2D eigenvalue weighted by Crippen LogP contribution is -2.41. The highest BCUT2D eigenvalue weighted by Gasteiger charge is 2.43. The van der Waals surface area contributed by atoms with Gasteiger partial charge >= 0.3 is 0 Å². The third kappa shape index (κ3) is 0.941. The van der Waals surface area contributed by atoms with Crippen LogP contribution in [-0.2, 0) is 14.3 Å². The topological polar surface area (TPSA) is 55.8 Å². The number of carbonyl (C=O) groups is 1. The number of rotatable bonds is 2. The van der Waals surface area contributed by atoms with Crippen LogP contribution < -0.4 is 0 Å². The molecule has 10 heavy (non-hydrogen) atoms. The van der Waals surface area contributed by atoms with Gasteiger partial charge in [0.05, 0.1) is 6.61 Å². The zero-order valence-electron chi connectivity index (χ0n) is 5.79. The molecular weight excluding hydrogens is 136 g/mol. The molecule has 4 heteroatoms. The van der Waals surface area contributed by atoms with Crippen LogP contribution in [-0.4, -0.2) is 37.0 Å². The van der Waals surface area contributed by atoms with E-state index in [1.807, 2.05) is 0 Å². The highest BCUT2D eigenvalue weighted by atomic mass is 16.7. The predicted molar refractivity (Wildman–Crippen MR) is 32.4 cm³/mol. The normalized spacial score (nSPS) is 33.2. The molecule has 0 spiro atoms. The third-order valence-corrected chi connectivity index (χ3v) is 1.63. The number of aliphatic hydroxyl groups excluding tert-OH is 1. The molecule has 0 amide bonds. The van der Waals surface area contributed by atoms with Gasteiger partial charge in [-0.15, -0.1) is 0 Å². The molecule has 1 heterocycles. The Morgan fingerprint density at radius 3 is 2.80 bits per heavy atom. The number of hydrogen-bond donors (Lipinski definition) is 1. The van der Waals surface area contributed by atoms with Crippen LogP contribution in [0.25, 0.3) is 0 Å². The lowest BCUT2D eigenvalue weighted by atomic mass is 10.2. The van der Waals surface area contributed by atoms with Gasteiger partial charge in [-0.25, -0.2) is 0 Å². The highest BCUT2D eigenvalue weighted by Crippen LogP contribution is 2.21. The van der Waals surface area contributed by atoms with Gasteiger partial charge in [-0.2, -0.15) is 0 Å². The van der Waals surface area contributed by atoms with Crippen molar-refractivity contribution in [1.82, 2.24) is 0 Å². The first-order chi connectivity index (χ1) is 4.75. The molecule has 1 saturated heterocycles. The van der Waals surface area contributed by atoms with Crippen molar-refractivity contribution in [3.8, 4) is 0 Å². The van der Waals surface area contributed by atoms with Crippen LogP contribution in [0.5, 0.6) is 0 Å². The number of Topliss-reactive ketones (excluding diaryl/α,β-unsaturated/α-hetero) is 1. The number of aliphatic hydroxyl groups is 1. The van der Waals surface area contributed by atoms with Crippen LogP contribution >= 0.6 is 0 Å². The van der Waals surface area contributed by atoms with Gasteiger partial charge < -0.3 is 14.6 Å². The van der Waals surface area contributed by atoms with Crippen LogP contribution in [0.1, 0.15) is 6.42 Å². The first-order valence-corrected chi connectivity index (χ1v) is 3.08. The minimum Gasteiger partial charge on any atom is -0.390 e. The van der Waals surface area contributed by atoms with Crippen LogP contribution in [0, 0.1) is 0 Å². The molecule has 1 N–H and O–H groups in total.